The average Bonchev–Trinajstić information content (AvgIpc) is 2.33. The minimum atomic E-state index is 0.0344. The number of aryl methyl sites for hydroxylation is 3. The van der Waals surface area contributed by atoms with Gasteiger partial charge in [-0.3, -0.25) is 4.79 Å². The Kier molecular flexibility index (Phi) is 6.02. The summed E-state index contributed by atoms with van der Waals surface area (Å²) in [5, 5.41) is 0. The second kappa shape index (κ2) is 7.29. The number of carbonyl (C=O) groups is 1. The second-order valence-electron chi connectivity index (χ2n) is 4.42. The predicted octanol–water partition coefficient (Wildman–Crippen LogP) is 2.85. The molecule has 0 radical (unpaired) electrons. The van der Waals surface area contributed by atoms with E-state index in [0.29, 0.717) is 19.8 Å². The molecule has 0 saturated carbocycles. The van der Waals surface area contributed by atoms with Crippen molar-refractivity contribution in [3.05, 3.63) is 34.4 Å². The molecule has 0 aliphatic rings. The Labute approximate surface area is 109 Å². The summed E-state index contributed by atoms with van der Waals surface area (Å²) in [6.45, 7) is 9.75. The fourth-order valence-electron chi connectivity index (χ4n) is 1.77. The third kappa shape index (κ3) is 4.24. The SMILES string of the molecule is CCOCCOCC(=O)c1cc(C)c(C)cc1C. The van der Waals surface area contributed by atoms with Crippen LogP contribution in [0.4, 0.5) is 0 Å². The van der Waals surface area contributed by atoms with Gasteiger partial charge in [0, 0.05) is 12.2 Å². The highest BCUT2D eigenvalue weighted by Gasteiger charge is 2.10. The molecule has 3 heteroatoms. The van der Waals surface area contributed by atoms with Gasteiger partial charge in [-0.1, -0.05) is 6.07 Å². The van der Waals surface area contributed by atoms with Gasteiger partial charge in [0.1, 0.15) is 6.61 Å². The summed E-state index contributed by atoms with van der Waals surface area (Å²) in [5.41, 5.74) is 4.12. The van der Waals surface area contributed by atoms with Gasteiger partial charge < -0.3 is 9.47 Å². The number of hydrogen-bond donors (Lipinski definition) is 0. The summed E-state index contributed by atoms with van der Waals surface area (Å²) in [6, 6.07) is 3.99. The van der Waals surface area contributed by atoms with E-state index in [1.165, 1.54) is 5.56 Å². The molecule has 0 saturated heterocycles. The van der Waals surface area contributed by atoms with Gasteiger partial charge in [-0.15, -0.1) is 0 Å². The third-order valence-electron chi connectivity index (χ3n) is 2.95. The van der Waals surface area contributed by atoms with Crippen molar-refractivity contribution < 1.29 is 14.3 Å². The van der Waals surface area contributed by atoms with Crippen LogP contribution in [0.25, 0.3) is 0 Å². The fourth-order valence-corrected chi connectivity index (χ4v) is 1.77. The maximum Gasteiger partial charge on any atom is 0.188 e. The van der Waals surface area contributed by atoms with E-state index in [9.17, 15) is 4.79 Å². The lowest BCUT2D eigenvalue weighted by Gasteiger charge is -2.09. The lowest BCUT2D eigenvalue weighted by Crippen LogP contribution is -2.14. The molecule has 0 N–H and O–H groups in total. The van der Waals surface area contributed by atoms with Crippen molar-refractivity contribution in [1.29, 1.82) is 0 Å². The van der Waals surface area contributed by atoms with Crippen molar-refractivity contribution in [2.24, 2.45) is 0 Å². The Hall–Kier alpha value is -1.19. The third-order valence-corrected chi connectivity index (χ3v) is 2.95. The molecule has 0 aromatic heterocycles. The molecule has 18 heavy (non-hydrogen) atoms. The lowest BCUT2D eigenvalue weighted by molar-refractivity contribution is 0.0474. The van der Waals surface area contributed by atoms with E-state index in [-0.39, 0.29) is 12.4 Å². The van der Waals surface area contributed by atoms with Crippen LogP contribution >= 0.6 is 0 Å². The zero-order valence-corrected chi connectivity index (χ0v) is 11.7. The predicted molar refractivity (Wildman–Crippen MR) is 72.3 cm³/mol. The van der Waals surface area contributed by atoms with Crippen LogP contribution in [0.2, 0.25) is 0 Å². The standard InChI is InChI=1S/C15H22O3/c1-5-17-6-7-18-10-15(16)14-9-12(3)11(2)8-13(14)4/h8-9H,5-7,10H2,1-4H3. The highest BCUT2D eigenvalue weighted by Crippen LogP contribution is 2.15. The van der Waals surface area contributed by atoms with Crippen molar-refractivity contribution >= 4 is 5.78 Å². The maximum absolute atomic E-state index is 12.0. The zero-order chi connectivity index (χ0) is 13.5. The van der Waals surface area contributed by atoms with Gasteiger partial charge in [0.2, 0.25) is 0 Å². The van der Waals surface area contributed by atoms with E-state index in [1.54, 1.807) is 0 Å². The Morgan fingerprint density at radius 3 is 2.28 bits per heavy atom. The van der Waals surface area contributed by atoms with E-state index in [4.69, 9.17) is 9.47 Å². The molecule has 1 aromatic carbocycles. The summed E-state index contributed by atoms with van der Waals surface area (Å²) in [6.07, 6.45) is 0. The van der Waals surface area contributed by atoms with Crippen molar-refractivity contribution in [2.75, 3.05) is 26.4 Å². The van der Waals surface area contributed by atoms with Gasteiger partial charge in [0.15, 0.2) is 5.78 Å². The van der Waals surface area contributed by atoms with Gasteiger partial charge >= 0.3 is 0 Å². The molecular formula is C15H22O3. The molecule has 0 amide bonds. The lowest BCUT2D eigenvalue weighted by atomic mass is 9.98. The molecule has 0 unspecified atom stereocenters. The van der Waals surface area contributed by atoms with Crippen LogP contribution < -0.4 is 0 Å². The number of carbonyl (C=O) groups excluding carboxylic acids is 1. The van der Waals surface area contributed by atoms with Crippen LogP contribution in [0.15, 0.2) is 12.1 Å². The second-order valence-corrected chi connectivity index (χ2v) is 4.42. The average molecular weight is 250 g/mol. The van der Waals surface area contributed by atoms with E-state index >= 15 is 0 Å². The highest BCUT2D eigenvalue weighted by molar-refractivity contribution is 5.98. The molecule has 1 aromatic rings. The fraction of sp³-hybridized carbons (Fsp3) is 0.533. The summed E-state index contributed by atoms with van der Waals surface area (Å²) in [5.74, 6) is 0.0344. The largest absolute Gasteiger partial charge is 0.379 e. The first-order valence-electron chi connectivity index (χ1n) is 6.32. The van der Waals surface area contributed by atoms with Gasteiger partial charge in [0.25, 0.3) is 0 Å². The number of hydrogen-bond acceptors (Lipinski definition) is 3. The smallest absolute Gasteiger partial charge is 0.188 e. The van der Waals surface area contributed by atoms with Crippen LogP contribution in [-0.2, 0) is 9.47 Å². The van der Waals surface area contributed by atoms with Gasteiger partial charge in [-0.2, -0.15) is 0 Å². The molecule has 3 nitrogen and oxygen atoms in total. The highest BCUT2D eigenvalue weighted by atomic mass is 16.5. The van der Waals surface area contributed by atoms with Gasteiger partial charge in [-0.25, -0.2) is 0 Å². The quantitative estimate of drug-likeness (QED) is 0.551. The normalized spacial score (nSPS) is 10.7. The summed E-state index contributed by atoms with van der Waals surface area (Å²) < 4.78 is 10.4. The van der Waals surface area contributed by atoms with E-state index in [2.05, 4.69) is 6.92 Å². The zero-order valence-electron chi connectivity index (χ0n) is 11.7. The molecule has 0 atom stereocenters. The number of ketones is 1. The molecule has 0 spiro atoms. The Bertz CT molecular complexity index is 410. The van der Waals surface area contributed by atoms with Crippen molar-refractivity contribution in [3.8, 4) is 0 Å². The molecular weight excluding hydrogens is 228 g/mol. The van der Waals surface area contributed by atoms with Crippen LogP contribution in [0.3, 0.4) is 0 Å². The number of benzene rings is 1. The topological polar surface area (TPSA) is 35.5 Å². The molecule has 0 bridgehead atoms. The summed E-state index contributed by atoms with van der Waals surface area (Å²) in [7, 11) is 0. The Balaban J connectivity index is 2.54. The molecule has 100 valence electrons. The van der Waals surface area contributed by atoms with E-state index in [0.717, 1.165) is 16.7 Å². The molecule has 0 fully saturated rings. The van der Waals surface area contributed by atoms with Gasteiger partial charge in [-0.05, 0) is 50.5 Å². The Morgan fingerprint density at radius 1 is 1.00 bits per heavy atom. The van der Waals surface area contributed by atoms with E-state index in [1.807, 2.05) is 32.9 Å². The van der Waals surface area contributed by atoms with Crippen LogP contribution in [0.5, 0.6) is 0 Å². The molecule has 0 aliphatic carbocycles. The van der Waals surface area contributed by atoms with Gasteiger partial charge in [0.05, 0.1) is 13.2 Å². The van der Waals surface area contributed by atoms with Crippen molar-refractivity contribution in [1.82, 2.24) is 0 Å². The first kappa shape index (κ1) is 14.9. The molecule has 0 heterocycles. The molecule has 0 aliphatic heterocycles. The van der Waals surface area contributed by atoms with Crippen molar-refractivity contribution in [3.63, 3.8) is 0 Å². The number of ether oxygens (including phenoxy) is 2. The Morgan fingerprint density at radius 2 is 1.61 bits per heavy atom. The number of rotatable bonds is 7. The first-order chi connectivity index (χ1) is 8.56. The van der Waals surface area contributed by atoms with Crippen LogP contribution in [-0.4, -0.2) is 32.2 Å². The monoisotopic (exact) mass is 250 g/mol. The van der Waals surface area contributed by atoms with Crippen molar-refractivity contribution in [2.45, 2.75) is 27.7 Å². The minimum absolute atomic E-state index is 0.0344. The van der Waals surface area contributed by atoms with Crippen LogP contribution in [0.1, 0.15) is 34.0 Å². The molecule has 1 rings (SSSR count). The number of Topliss-reactive ketones (excluding diaryl/α,β-unsaturated/α-hetero) is 1. The summed E-state index contributed by atoms with van der Waals surface area (Å²) >= 11 is 0. The maximum atomic E-state index is 12.0. The van der Waals surface area contributed by atoms with E-state index < -0.39 is 0 Å². The summed E-state index contributed by atoms with van der Waals surface area (Å²) in [4.78, 5) is 12.0. The van der Waals surface area contributed by atoms with Crippen LogP contribution in [0, 0.1) is 20.8 Å². The minimum Gasteiger partial charge on any atom is -0.379 e. The first-order valence-corrected chi connectivity index (χ1v) is 6.32.